The van der Waals surface area contributed by atoms with Crippen LogP contribution in [-0.4, -0.2) is 74.9 Å². The molecule has 1 N–H and O–H groups in total. The Labute approximate surface area is 385 Å². The number of carbonyl (C=O) groups excluding carboxylic acids is 2. The number of hydrogen-bond acceptors (Lipinski definition) is 7. The van der Waals surface area contributed by atoms with Crippen molar-refractivity contribution in [2.45, 2.75) is 180 Å². The van der Waals surface area contributed by atoms with Gasteiger partial charge in [-0.1, -0.05) is 162 Å². The molecule has 0 heterocycles. The number of carbonyl (C=O) groups is 2. The van der Waals surface area contributed by atoms with Crippen LogP contribution in [0.2, 0.25) is 0 Å². The predicted octanol–water partition coefficient (Wildman–Crippen LogP) is 14.5. The first kappa shape index (κ1) is 59.9. The molecule has 0 saturated carbocycles. The Morgan fingerprint density at radius 3 is 1.35 bits per heavy atom. The van der Waals surface area contributed by atoms with Gasteiger partial charge in [0.15, 0.2) is 6.10 Å². The molecule has 0 aromatic carbocycles. The molecule has 0 amide bonds. The monoisotopic (exact) mass is 901 g/mol. The van der Waals surface area contributed by atoms with Crippen molar-refractivity contribution in [3.05, 3.63) is 97.2 Å². The summed E-state index contributed by atoms with van der Waals surface area (Å²) in [4.78, 5) is 35.5. The highest BCUT2D eigenvalue weighted by molar-refractivity contribution is 7.47. The van der Waals surface area contributed by atoms with Gasteiger partial charge in [0.25, 0.3) is 0 Å². The van der Waals surface area contributed by atoms with E-state index < -0.39 is 32.5 Å². The molecule has 0 radical (unpaired) electrons. The Morgan fingerprint density at radius 1 is 0.508 bits per heavy atom. The molecule has 0 aromatic rings. The third-order valence-corrected chi connectivity index (χ3v) is 10.8. The van der Waals surface area contributed by atoms with E-state index in [-0.39, 0.29) is 26.1 Å². The molecule has 63 heavy (non-hydrogen) atoms. The van der Waals surface area contributed by atoms with Crippen molar-refractivity contribution in [3.63, 3.8) is 0 Å². The molecule has 0 rings (SSSR count). The topological polar surface area (TPSA) is 108 Å². The minimum atomic E-state index is -4.40. The molecule has 9 nitrogen and oxygen atoms in total. The first-order chi connectivity index (χ1) is 30.5. The number of phosphoric acid groups is 1. The summed E-state index contributed by atoms with van der Waals surface area (Å²) in [6, 6.07) is 0. The standard InChI is InChI=1S/C53H90NO8P/c1-6-8-10-12-14-16-18-20-22-24-25-26-27-28-29-30-32-34-36-38-40-42-44-46-53(56)62-51(50-61-63(57,58)60-48-47-54(3,4)5)49-59-52(55)45-43-41-39-37-35-33-31-23-21-19-17-15-13-11-9-7-2/h8,10,14,16-17,19-20,22-23,25-26,28-29,31-32,34,51H,6-7,9,11-13,15,18,21,24,27,30,33,35-50H2,1-5H3/p+1/b10-8-,16-14-,19-17-,22-20-,26-25-,29-28-,31-23-,34-32-. The van der Waals surface area contributed by atoms with Crippen molar-refractivity contribution in [1.82, 2.24) is 0 Å². The summed E-state index contributed by atoms with van der Waals surface area (Å²) in [7, 11) is 1.43. The second kappa shape index (κ2) is 44.1. The summed E-state index contributed by atoms with van der Waals surface area (Å²) in [5.74, 6) is -0.852. The van der Waals surface area contributed by atoms with Gasteiger partial charge in [0.1, 0.15) is 19.8 Å². The molecule has 2 unspecified atom stereocenters. The van der Waals surface area contributed by atoms with Crippen LogP contribution in [0.5, 0.6) is 0 Å². The van der Waals surface area contributed by atoms with Crippen LogP contribution in [0, 0.1) is 0 Å². The zero-order chi connectivity index (χ0) is 46.4. The Hall–Kier alpha value is -3.07. The largest absolute Gasteiger partial charge is 0.472 e. The van der Waals surface area contributed by atoms with E-state index in [2.05, 4.69) is 111 Å². The van der Waals surface area contributed by atoms with Gasteiger partial charge < -0.3 is 18.9 Å². The van der Waals surface area contributed by atoms with Gasteiger partial charge in [-0.3, -0.25) is 18.6 Å². The fourth-order valence-corrected chi connectivity index (χ4v) is 6.79. The SMILES string of the molecule is CC/C=C\C/C=C\C/C=C\C/C=C\C/C=C\C/C=C\CCCCCCC(=O)OC(COC(=O)CCCCCCC/C=C\C/C=C\CCCCCC)COP(=O)(O)OCC[N+](C)(C)C. The van der Waals surface area contributed by atoms with Crippen molar-refractivity contribution in [1.29, 1.82) is 0 Å². The number of rotatable bonds is 43. The van der Waals surface area contributed by atoms with Crippen LogP contribution < -0.4 is 0 Å². The Balaban J connectivity index is 4.40. The lowest BCUT2D eigenvalue weighted by Crippen LogP contribution is -2.37. The van der Waals surface area contributed by atoms with Crippen molar-refractivity contribution >= 4 is 19.8 Å². The smallest absolute Gasteiger partial charge is 0.462 e. The summed E-state index contributed by atoms with van der Waals surface area (Å²) in [5.41, 5.74) is 0. The highest BCUT2D eigenvalue weighted by Gasteiger charge is 2.27. The number of unbranched alkanes of at least 4 members (excludes halogenated alkanes) is 13. The van der Waals surface area contributed by atoms with E-state index in [0.717, 1.165) is 103 Å². The molecular formula is C53H91NO8P+. The van der Waals surface area contributed by atoms with E-state index in [1.807, 2.05) is 21.1 Å². The predicted molar refractivity (Wildman–Crippen MR) is 265 cm³/mol. The van der Waals surface area contributed by atoms with E-state index in [0.29, 0.717) is 23.9 Å². The van der Waals surface area contributed by atoms with Crippen molar-refractivity contribution in [3.8, 4) is 0 Å². The maximum Gasteiger partial charge on any atom is 0.472 e. The van der Waals surface area contributed by atoms with Crippen LogP contribution in [-0.2, 0) is 32.7 Å². The molecule has 0 bridgehead atoms. The van der Waals surface area contributed by atoms with E-state index in [1.54, 1.807) is 0 Å². The van der Waals surface area contributed by atoms with Gasteiger partial charge in [-0.25, -0.2) is 4.57 Å². The quantitative estimate of drug-likeness (QED) is 0.0212. The fraction of sp³-hybridized carbons (Fsp3) is 0.660. The van der Waals surface area contributed by atoms with E-state index in [9.17, 15) is 19.0 Å². The van der Waals surface area contributed by atoms with Gasteiger partial charge >= 0.3 is 19.8 Å². The Kier molecular flexibility index (Phi) is 42.0. The number of likely N-dealkylation sites (N-methyl/N-ethyl adjacent to an activating group) is 1. The number of nitrogens with zero attached hydrogens (tertiary/aromatic N) is 1. The number of esters is 2. The lowest BCUT2D eigenvalue weighted by molar-refractivity contribution is -0.870. The average molecular weight is 901 g/mol. The molecule has 0 aliphatic carbocycles. The first-order valence-corrected chi connectivity index (χ1v) is 26.0. The third-order valence-electron chi connectivity index (χ3n) is 9.85. The van der Waals surface area contributed by atoms with E-state index in [4.69, 9.17) is 18.5 Å². The third kappa shape index (κ3) is 48.2. The molecule has 2 atom stereocenters. The Bertz CT molecular complexity index is 1390. The Morgan fingerprint density at radius 2 is 0.905 bits per heavy atom. The van der Waals surface area contributed by atoms with Crippen LogP contribution in [0.3, 0.4) is 0 Å². The molecular weight excluding hydrogens is 810 g/mol. The van der Waals surface area contributed by atoms with Crippen LogP contribution in [0.1, 0.15) is 174 Å². The van der Waals surface area contributed by atoms with Gasteiger partial charge in [0, 0.05) is 12.8 Å². The van der Waals surface area contributed by atoms with Gasteiger partial charge in [-0.05, 0) is 96.3 Å². The maximum absolute atomic E-state index is 12.7. The molecule has 0 aliphatic heterocycles. The van der Waals surface area contributed by atoms with Crippen LogP contribution in [0.15, 0.2) is 97.2 Å². The highest BCUT2D eigenvalue weighted by atomic mass is 31.2. The summed E-state index contributed by atoms with van der Waals surface area (Å²) >= 11 is 0. The second-order valence-corrected chi connectivity index (χ2v) is 18.6. The van der Waals surface area contributed by atoms with Gasteiger partial charge in [0.05, 0.1) is 27.7 Å². The average Bonchev–Trinajstić information content (AvgIpc) is 3.24. The fourth-order valence-electron chi connectivity index (χ4n) is 6.05. The number of phosphoric ester groups is 1. The molecule has 0 spiro atoms. The summed E-state index contributed by atoms with van der Waals surface area (Å²) in [6.07, 6.45) is 58.8. The second-order valence-electron chi connectivity index (χ2n) is 17.1. The summed E-state index contributed by atoms with van der Waals surface area (Å²) < 4.78 is 34.4. The zero-order valence-corrected chi connectivity index (χ0v) is 41.4. The molecule has 0 saturated heterocycles. The van der Waals surface area contributed by atoms with E-state index in [1.165, 1.54) is 32.1 Å². The molecule has 10 heteroatoms. The minimum Gasteiger partial charge on any atom is -0.462 e. The van der Waals surface area contributed by atoms with Crippen LogP contribution >= 0.6 is 7.82 Å². The number of quaternary nitrogens is 1. The highest BCUT2D eigenvalue weighted by Crippen LogP contribution is 2.43. The van der Waals surface area contributed by atoms with Crippen molar-refractivity contribution < 1.29 is 42.1 Å². The molecule has 0 aromatic heterocycles. The van der Waals surface area contributed by atoms with Gasteiger partial charge in [-0.15, -0.1) is 0 Å². The summed E-state index contributed by atoms with van der Waals surface area (Å²) in [5, 5.41) is 0. The lowest BCUT2D eigenvalue weighted by Gasteiger charge is -2.24. The van der Waals surface area contributed by atoms with Crippen LogP contribution in [0.25, 0.3) is 0 Å². The van der Waals surface area contributed by atoms with Gasteiger partial charge in [-0.2, -0.15) is 0 Å². The maximum atomic E-state index is 12.7. The summed E-state index contributed by atoms with van der Waals surface area (Å²) in [6.45, 7) is 4.23. The van der Waals surface area contributed by atoms with Gasteiger partial charge in [0.2, 0.25) is 0 Å². The number of hydrogen-bond donors (Lipinski definition) is 1. The molecule has 0 aliphatic rings. The van der Waals surface area contributed by atoms with Crippen molar-refractivity contribution in [2.24, 2.45) is 0 Å². The molecule has 360 valence electrons. The minimum absolute atomic E-state index is 0.0183. The number of allylic oxidation sites excluding steroid dienone is 16. The zero-order valence-electron chi connectivity index (χ0n) is 40.5. The normalized spacial score (nSPS) is 14.3. The van der Waals surface area contributed by atoms with Crippen LogP contribution in [0.4, 0.5) is 0 Å². The number of ether oxygens (including phenoxy) is 2. The first-order valence-electron chi connectivity index (χ1n) is 24.5. The molecule has 0 fully saturated rings. The van der Waals surface area contributed by atoms with E-state index >= 15 is 0 Å². The lowest BCUT2D eigenvalue weighted by atomic mass is 10.1. The van der Waals surface area contributed by atoms with Crippen molar-refractivity contribution in [2.75, 3.05) is 47.5 Å².